The molecule has 2 heterocycles. The zero-order valence-electron chi connectivity index (χ0n) is 14.5. The predicted molar refractivity (Wildman–Crippen MR) is 101 cm³/mol. The predicted octanol–water partition coefficient (Wildman–Crippen LogP) is 4.10. The Bertz CT molecular complexity index is 1020. The molecule has 0 bridgehead atoms. The lowest BCUT2D eigenvalue weighted by Gasteiger charge is -2.25. The highest BCUT2D eigenvalue weighted by Crippen LogP contribution is 2.41. The molecule has 0 aliphatic carbocycles. The zero-order chi connectivity index (χ0) is 19.7. The number of tetrazole rings is 1. The van der Waals surface area contributed by atoms with Crippen molar-refractivity contribution >= 4 is 27.6 Å². The van der Waals surface area contributed by atoms with Crippen molar-refractivity contribution in [3.8, 4) is 11.5 Å². The van der Waals surface area contributed by atoms with Gasteiger partial charge in [-0.05, 0) is 40.3 Å². The lowest BCUT2D eigenvalue weighted by atomic mass is 10.0. The van der Waals surface area contributed by atoms with Gasteiger partial charge in [0.15, 0.2) is 11.5 Å². The van der Waals surface area contributed by atoms with Gasteiger partial charge in [0.1, 0.15) is 6.04 Å². The molecule has 0 fully saturated rings. The lowest BCUT2D eigenvalue weighted by molar-refractivity contribution is -0.0520. The van der Waals surface area contributed by atoms with Gasteiger partial charge in [-0.1, -0.05) is 45.3 Å². The van der Waals surface area contributed by atoms with Gasteiger partial charge in [-0.25, -0.2) is 0 Å². The van der Waals surface area contributed by atoms with Crippen LogP contribution >= 0.6 is 15.9 Å². The molecule has 0 unspecified atom stereocenters. The molecule has 144 valence electrons. The summed E-state index contributed by atoms with van der Waals surface area (Å²) in [7, 11) is 1.39. The van der Waals surface area contributed by atoms with Crippen LogP contribution in [-0.4, -0.2) is 33.9 Å². The number of para-hydroxylation sites is 1. The average Bonchev–Trinajstić information content (AvgIpc) is 3.16. The van der Waals surface area contributed by atoms with Crippen molar-refractivity contribution in [1.82, 2.24) is 20.2 Å². The quantitative estimate of drug-likeness (QED) is 0.631. The van der Waals surface area contributed by atoms with E-state index in [1.54, 1.807) is 18.2 Å². The number of aromatic nitrogens is 4. The van der Waals surface area contributed by atoms with Crippen LogP contribution in [0.2, 0.25) is 0 Å². The number of ether oxygens (including phenoxy) is 2. The van der Waals surface area contributed by atoms with Crippen molar-refractivity contribution in [2.24, 2.45) is 0 Å². The first kappa shape index (κ1) is 18.4. The first-order valence-corrected chi connectivity index (χ1v) is 9.00. The maximum atomic E-state index is 13.0. The van der Waals surface area contributed by atoms with Gasteiger partial charge >= 0.3 is 6.61 Å². The SMILES string of the molecule is COc1cccc([C@H]2C=C(c3ccc(Br)cc3)Nc3nnnn32)c1OC(F)F. The summed E-state index contributed by atoms with van der Waals surface area (Å²) in [6, 6.07) is 12.0. The summed E-state index contributed by atoms with van der Waals surface area (Å²) in [5.41, 5.74) is 2.08. The van der Waals surface area contributed by atoms with E-state index >= 15 is 0 Å². The number of benzene rings is 2. The topological polar surface area (TPSA) is 74.1 Å². The van der Waals surface area contributed by atoms with Crippen molar-refractivity contribution in [1.29, 1.82) is 0 Å². The van der Waals surface area contributed by atoms with Gasteiger partial charge in [-0.2, -0.15) is 13.5 Å². The molecule has 1 aliphatic heterocycles. The molecule has 0 amide bonds. The highest BCUT2D eigenvalue weighted by atomic mass is 79.9. The molecule has 0 saturated carbocycles. The second-order valence-electron chi connectivity index (χ2n) is 5.86. The Hall–Kier alpha value is -3.01. The van der Waals surface area contributed by atoms with E-state index in [0.717, 1.165) is 15.7 Å². The van der Waals surface area contributed by atoms with Gasteiger partial charge in [0.2, 0.25) is 5.95 Å². The Morgan fingerprint density at radius 1 is 1.18 bits per heavy atom. The van der Waals surface area contributed by atoms with E-state index < -0.39 is 12.7 Å². The summed E-state index contributed by atoms with van der Waals surface area (Å²) >= 11 is 3.41. The molecule has 10 heteroatoms. The Morgan fingerprint density at radius 2 is 1.96 bits per heavy atom. The smallest absolute Gasteiger partial charge is 0.387 e. The van der Waals surface area contributed by atoms with E-state index in [2.05, 4.69) is 36.8 Å². The third kappa shape index (κ3) is 3.42. The molecule has 0 radical (unpaired) electrons. The van der Waals surface area contributed by atoms with E-state index in [1.165, 1.54) is 11.8 Å². The maximum Gasteiger partial charge on any atom is 0.387 e. The molecular formula is C18H14BrF2N5O2. The zero-order valence-corrected chi connectivity index (χ0v) is 16.1. The molecule has 0 spiro atoms. The Labute approximate surface area is 167 Å². The molecule has 3 aromatic rings. The summed E-state index contributed by atoms with van der Waals surface area (Å²) in [5, 5.41) is 14.8. The molecule has 1 aromatic heterocycles. The van der Waals surface area contributed by atoms with Gasteiger partial charge in [0.25, 0.3) is 0 Å². The highest BCUT2D eigenvalue weighted by molar-refractivity contribution is 9.10. The Kier molecular flexibility index (Phi) is 4.95. The molecule has 1 atom stereocenters. The van der Waals surface area contributed by atoms with Crippen molar-refractivity contribution in [3.63, 3.8) is 0 Å². The third-order valence-electron chi connectivity index (χ3n) is 4.24. The summed E-state index contributed by atoms with van der Waals surface area (Å²) in [5.74, 6) is 0.528. The molecule has 1 N–H and O–H groups in total. The van der Waals surface area contributed by atoms with E-state index in [0.29, 0.717) is 11.5 Å². The highest BCUT2D eigenvalue weighted by Gasteiger charge is 2.29. The first-order chi connectivity index (χ1) is 13.6. The molecule has 7 nitrogen and oxygen atoms in total. The fourth-order valence-electron chi connectivity index (χ4n) is 3.01. The number of hydrogen-bond donors (Lipinski definition) is 1. The Balaban J connectivity index is 1.85. The van der Waals surface area contributed by atoms with Crippen LogP contribution in [0.3, 0.4) is 0 Å². The number of methoxy groups -OCH3 is 1. The maximum absolute atomic E-state index is 13.0. The minimum absolute atomic E-state index is 0.0558. The van der Waals surface area contributed by atoms with E-state index in [4.69, 9.17) is 9.47 Å². The number of rotatable bonds is 5. The molecule has 1 aliphatic rings. The molecule has 4 rings (SSSR count). The number of alkyl halides is 2. The minimum Gasteiger partial charge on any atom is -0.493 e. The normalized spacial score (nSPS) is 15.6. The number of nitrogens with one attached hydrogen (secondary N) is 1. The van der Waals surface area contributed by atoms with Crippen molar-refractivity contribution in [2.45, 2.75) is 12.7 Å². The third-order valence-corrected chi connectivity index (χ3v) is 4.77. The Morgan fingerprint density at radius 3 is 2.68 bits per heavy atom. The summed E-state index contributed by atoms with van der Waals surface area (Å²) in [4.78, 5) is 0. The number of fused-ring (bicyclic) bond motifs is 1. The number of nitrogens with zero attached hydrogens (tertiary/aromatic N) is 4. The van der Waals surface area contributed by atoms with Crippen LogP contribution in [0.25, 0.3) is 5.70 Å². The number of anilines is 1. The molecular weight excluding hydrogens is 436 g/mol. The largest absolute Gasteiger partial charge is 0.493 e. The summed E-state index contributed by atoms with van der Waals surface area (Å²) in [6.45, 7) is -3.00. The minimum atomic E-state index is -3.00. The van der Waals surface area contributed by atoms with Crippen molar-refractivity contribution in [3.05, 3.63) is 64.1 Å². The number of hydrogen-bond acceptors (Lipinski definition) is 6. The second-order valence-corrected chi connectivity index (χ2v) is 6.78. The van der Waals surface area contributed by atoms with Crippen LogP contribution in [0.1, 0.15) is 17.2 Å². The fourth-order valence-corrected chi connectivity index (χ4v) is 3.28. The summed E-state index contributed by atoms with van der Waals surface area (Å²) < 4.78 is 38.5. The monoisotopic (exact) mass is 449 g/mol. The number of halogens is 3. The van der Waals surface area contributed by atoms with Gasteiger partial charge in [0, 0.05) is 15.7 Å². The summed E-state index contributed by atoms with van der Waals surface area (Å²) in [6.07, 6.45) is 1.85. The fraction of sp³-hybridized carbons (Fsp3) is 0.167. The van der Waals surface area contributed by atoms with Gasteiger partial charge < -0.3 is 14.8 Å². The van der Waals surface area contributed by atoms with Crippen LogP contribution < -0.4 is 14.8 Å². The average molecular weight is 450 g/mol. The number of allylic oxidation sites excluding steroid dienone is 1. The van der Waals surface area contributed by atoms with Crippen LogP contribution in [-0.2, 0) is 0 Å². The first-order valence-electron chi connectivity index (χ1n) is 8.21. The standard InChI is InChI=1S/C18H14BrF2N5O2/c1-27-15-4-2-3-12(16(15)28-17(20)21)14-9-13(10-5-7-11(19)8-6-10)22-18-23-24-25-26(14)18/h2-9,14,17H,1H3,(H,22,23,25)/t14-/m1/s1. The molecule has 2 aromatic carbocycles. The van der Waals surface area contributed by atoms with Gasteiger partial charge in [0.05, 0.1) is 7.11 Å². The van der Waals surface area contributed by atoms with Gasteiger partial charge in [-0.3, -0.25) is 0 Å². The molecule has 28 heavy (non-hydrogen) atoms. The van der Waals surface area contributed by atoms with Crippen LogP contribution in [0.4, 0.5) is 14.7 Å². The van der Waals surface area contributed by atoms with E-state index in [-0.39, 0.29) is 11.5 Å². The van der Waals surface area contributed by atoms with Crippen LogP contribution in [0.15, 0.2) is 53.0 Å². The second kappa shape index (κ2) is 7.55. The molecule has 0 saturated heterocycles. The van der Waals surface area contributed by atoms with Crippen LogP contribution in [0.5, 0.6) is 11.5 Å². The lowest BCUT2D eigenvalue weighted by Crippen LogP contribution is -2.21. The van der Waals surface area contributed by atoms with E-state index in [1.807, 2.05) is 30.3 Å². The van der Waals surface area contributed by atoms with Crippen molar-refractivity contribution < 1.29 is 18.3 Å². The van der Waals surface area contributed by atoms with Gasteiger partial charge in [-0.15, -0.1) is 0 Å². The van der Waals surface area contributed by atoms with E-state index in [9.17, 15) is 8.78 Å². The van der Waals surface area contributed by atoms with Crippen molar-refractivity contribution in [2.75, 3.05) is 12.4 Å². The van der Waals surface area contributed by atoms with Crippen LogP contribution in [0, 0.1) is 0 Å².